The fourth-order valence-corrected chi connectivity index (χ4v) is 4.01. The van der Waals surface area contributed by atoms with Gasteiger partial charge in [0.15, 0.2) is 0 Å². The fraction of sp³-hybridized carbons (Fsp3) is 0.0385. The van der Waals surface area contributed by atoms with E-state index in [4.69, 9.17) is 26.6 Å². The highest BCUT2D eigenvalue weighted by atomic mass is 32.2. The average Bonchev–Trinajstić information content (AvgIpc) is 2.83. The monoisotopic (exact) mass is 501 g/mol. The smallest absolute Gasteiger partial charge is 0.264 e. The molecule has 9 nitrogen and oxygen atoms in total. The van der Waals surface area contributed by atoms with Crippen LogP contribution in [-0.2, 0) is 10.0 Å². The van der Waals surface area contributed by atoms with Gasteiger partial charge >= 0.3 is 0 Å². The summed E-state index contributed by atoms with van der Waals surface area (Å²) in [4.78, 5) is 17.0. The number of amidine groups is 1. The number of hydrogen-bond donors (Lipinski definition) is 4. The van der Waals surface area contributed by atoms with Crippen molar-refractivity contribution in [3.8, 4) is 34.0 Å². The highest BCUT2D eigenvalue weighted by Crippen LogP contribution is 2.32. The van der Waals surface area contributed by atoms with E-state index in [0.717, 1.165) is 6.26 Å². The van der Waals surface area contributed by atoms with E-state index in [0.29, 0.717) is 34.0 Å². The molecule has 0 saturated heterocycles. The number of sulfonamides is 1. The maximum absolute atomic E-state index is 12.3. The number of rotatable bonds is 7. The van der Waals surface area contributed by atoms with Crippen LogP contribution in [0, 0.1) is 5.41 Å². The Morgan fingerprint density at radius 3 is 2.22 bits per heavy atom. The lowest BCUT2D eigenvalue weighted by atomic mass is 10.00. The van der Waals surface area contributed by atoms with E-state index in [2.05, 4.69) is 0 Å². The van der Waals surface area contributed by atoms with Gasteiger partial charge in [-0.25, -0.2) is 18.1 Å². The van der Waals surface area contributed by atoms with E-state index in [1.165, 1.54) is 12.1 Å². The Morgan fingerprint density at radius 2 is 1.58 bits per heavy atom. The second-order valence-electron chi connectivity index (χ2n) is 7.96. The molecule has 0 saturated carbocycles. The molecule has 1 aromatic heterocycles. The zero-order valence-corrected chi connectivity index (χ0v) is 20.0. The highest BCUT2D eigenvalue weighted by Gasteiger charge is 2.18. The van der Waals surface area contributed by atoms with Crippen LogP contribution >= 0.6 is 0 Å². The summed E-state index contributed by atoms with van der Waals surface area (Å²) >= 11 is 0. The Morgan fingerprint density at radius 1 is 0.917 bits per heavy atom. The van der Waals surface area contributed by atoms with Crippen LogP contribution in [0.1, 0.15) is 15.9 Å². The van der Waals surface area contributed by atoms with E-state index in [1.54, 1.807) is 42.5 Å². The molecule has 0 aliphatic carbocycles. The first-order valence-corrected chi connectivity index (χ1v) is 12.6. The van der Waals surface area contributed by atoms with Gasteiger partial charge in [-0.3, -0.25) is 10.2 Å². The lowest BCUT2D eigenvalue weighted by Crippen LogP contribution is -2.29. The number of hydrogen-bond acceptors (Lipinski definition) is 7. The number of carbonyl (C=O) groups excluding carboxylic acids is 1. The van der Waals surface area contributed by atoms with Crippen molar-refractivity contribution in [3.05, 3.63) is 96.1 Å². The van der Waals surface area contributed by atoms with Gasteiger partial charge in [-0.15, -0.1) is 0 Å². The van der Waals surface area contributed by atoms with Crippen LogP contribution in [0.2, 0.25) is 0 Å². The Kier molecular flexibility index (Phi) is 6.71. The summed E-state index contributed by atoms with van der Waals surface area (Å²) in [5.41, 5.74) is 14.7. The van der Waals surface area contributed by atoms with E-state index in [-0.39, 0.29) is 22.6 Å². The molecule has 4 rings (SSSR count). The minimum atomic E-state index is -3.72. The first-order chi connectivity index (χ1) is 17.1. The molecule has 3 aromatic carbocycles. The molecular weight excluding hydrogens is 478 g/mol. The average molecular weight is 502 g/mol. The summed E-state index contributed by atoms with van der Waals surface area (Å²) in [6.07, 6.45) is 0.903. The maximum Gasteiger partial charge on any atom is 0.264 e. The molecule has 0 aliphatic rings. The summed E-state index contributed by atoms with van der Waals surface area (Å²) in [5, 5.41) is 8.03. The van der Waals surface area contributed by atoms with Crippen molar-refractivity contribution in [1.82, 2.24) is 9.71 Å². The van der Waals surface area contributed by atoms with Gasteiger partial charge in [0.2, 0.25) is 10.0 Å². The van der Waals surface area contributed by atoms with Crippen LogP contribution in [0.3, 0.4) is 0 Å². The summed E-state index contributed by atoms with van der Waals surface area (Å²) < 4.78 is 30.7. The first kappa shape index (κ1) is 24.4. The Labute approximate surface area is 208 Å². The SMILES string of the molecule is CS(=O)(=O)NC(=O)c1cccc(-c2cc(N)c(C(=N)N)c(-c3ccc(Oc4ccccc4)cc3)n2)c1. The predicted octanol–water partition coefficient (Wildman–Crippen LogP) is 3.76. The van der Waals surface area contributed by atoms with Crippen LogP contribution in [-0.4, -0.2) is 31.4 Å². The summed E-state index contributed by atoms with van der Waals surface area (Å²) in [5.74, 6) is 0.302. The van der Waals surface area contributed by atoms with Crippen LogP contribution in [0.5, 0.6) is 11.5 Å². The van der Waals surface area contributed by atoms with Gasteiger partial charge in [0.05, 0.1) is 23.2 Å². The number of anilines is 1. The highest BCUT2D eigenvalue weighted by molar-refractivity contribution is 7.89. The van der Waals surface area contributed by atoms with Crippen molar-refractivity contribution in [1.29, 1.82) is 5.41 Å². The lowest BCUT2D eigenvalue weighted by Gasteiger charge is -2.14. The number of nitrogens with one attached hydrogen (secondary N) is 2. The molecular formula is C26H23N5O4S. The van der Waals surface area contributed by atoms with Crippen molar-refractivity contribution in [2.45, 2.75) is 0 Å². The predicted molar refractivity (Wildman–Crippen MR) is 139 cm³/mol. The van der Waals surface area contributed by atoms with Crippen molar-refractivity contribution in [3.63, 3.8) is 0 Å². The minimum absolute atomic E-state index is 0.137. The zero-order chi connectivity index (χ0) is 25.9. The fourth-order valence-electron chi connectivity index (χ4n) is 3.56. The molecule has 0 spiro atoms. The number of nitrogens with two attached hydrogens (primary N) is 2. The summed E-state index contributed by atoms with van der Waals surface area (Å²) in [7, 11) is -3.72. The van der Waals surface area contributed by atoms with Crippen molar-refractivity contribution in [2.24, 2.45) is 5.73 Å². The summed E-state index contributed by atoms with van der Waals surface area (Å²) in [6, 6.07) is 24.3. The molecule has 1 heterocycles. The van der Waals surface area contributed by atoms with Crippen molar-refractivity contribution >= 4 is 27.5 Å². The van der Waals surface area contributed by atoms with Gasteiger partial charge in [-0.05, 0) is 54.6 Å². The lowest BCUT2D eigenvalue weighted by molar-refractivity contribution is 0.0981. The second-order valence-corrected chi connectivity index (χ2v) is 9.71. The van der Waals surface area contributed by atoms with Gasteiger partial charge in [-0.1, -0.05) is 30.3 Å². The maximum atomic E-state index is 12.3. The first-order valence-electron chi connectivity index (χ1n) is 10.7. The van der Waals surface area contributed by atoms with Gasteiger partial charge in [-0.2, -0.15) is 0 Å². The Hall–Kier alpha value is -4.70. The largest absolute Gasteiger partial charge is 0.457 e. The second kappa shape index (κ2) is 9.88. The normalized spacial score (nSPS) is 11.0. The van der Waals surface area contributed by atoms with E-state index in [9.17, 15) is 13.2 Å². The molecule has 36 heavy (non-hydrogen) atoms. The topological polar surface area (TPSA) is 161 Å². The third kappa shape index (κ3) is 5.68. The molecule has 6 N–H and O–H groups in total. The molecule has 4 aromatic rings. The van der Waals surface area contributed by atoms with E-state index in [1.807, 2.05) is 35.1 Å². The summed E-state index contributed by atoms with van der Waals surface area (Å²) in [6.45, 7) is 0. The van der Waals surface area contributed by atoms with Crippen molar-refractivity contribution < 1.29 is 17.9 Å². The number of nitrogens with zero attached hydrogens (tertiary/aromatic N) is 1. The number of para-hydroxylation sites is 1. The minimum Gasteiger partial charge on any atom is -0.457 e. The molecule has 1 amide bonds. The van der Waals surface area contributed by atoms with Crippen LogP contribution in [0.15, 0.2) is 84.9 Å². The Balaban J connectivity index is 1.73. The molecule has 10 heteroatoms. The molecule has 0 unspecified atom stereocenters. The number of aromatic nitrogens is 1. The zero-order valence-electron chi connectivity index (χ0n) is 19.2. The standard InChI is InChI=1S/C26H23N5O4S/c1-36(33,34)31-26(32)18-7-5-6-17(14-18)22-15-21(27)23(25(28)29)24(30-22)16-10-12-20(13-11-16)35-19-8-3-2-4-9-19/h2-15H,1H3,(H2,27,30)(H3,28,29)(H,31,32). The number of pyridine rings is 1. The quantitative estimate of drug-likeness (QED) is 0.221. The van der Waals surface area contributed by atoms with Crippen LogP contribution < -0.4 is 20.9 Å². The van der Waals surface area contributed by atoms with Crippen LogP contribution in [0.4, 0.5) is 5.69 Å². The molecule has 0 radical (unpaired) electrons. The molecule has 0 fully saturated rings. The van der Waals surface area contributed by atoms with Gasteiger partial charge in [0.1, 0.15) is 17.3 Å². The van der Waals surface area contributed by atoms with Gasteiger partial charge in [0.25, 0.3) is 5.91 Å². The number of amides is 1. The molecule has 0 atom stereocenters. The number of ether oxygens (including phenoxy) is 1. The Bertz CT molecular complexity index is 1550. The third-order valence-electron chi connectivity index (χ3n) is 5.12. The van der Waals surface area contributed by atoms with Crippen molar-refractivity contribution in [2.75, 3.05) is 12.0 Å². The molecule has 0 bridgehead atoms. The van der Waals surface area contributed by atoms with E-state index < -0.39 is 15.9 Å². The van der Waals surface area contributed by atoms with Crippen LogP contribution in [0.25, 0.3) is 22.5 Å². The third-order valence-corrected chi connectivity index (χ3v) is 5.68. The van der Waals surface area contributed by atoms with E-state index >= 15 is 0 Å². The number of benzene rings is 3. The number of nitrogen functional groups attached to an aromatic ring is 2. The van der Waals surface area contributed by atoms with Gasteiger partial charge < -0.3 is 16.2 Å². The molecule has 0 aliphatic heterocycles. The van der Waals surface area contributed by atoms with Gasteiger partial charge in [0, 0.05) is 22.4 Å². The number of carbonyl (C=O) groups is 1. The molecule has 182 valence electrons.